The molecular weight excluding hydrogens is 315 g/mol. The second-order valence-electron chi connectivity index (χ2n) is 5.07. The Morgan fingerprint density at radius 1 is 1.63 bits per heavy atom. The van der Waals surface area contributed by atoms with E-state index in [9.17, 15) is 9.18 Å². The molecular formula is C13H16BrFN2O2. The summed E-state index contributed by atoms with van der Waals surface area (Å²) in [6.45, 7) is 4.19. The molecule has 0 saturated carbocycles. The number of nitrogens with two attached hydrogens (primary N) is 1. The Balaban J connectivity index is 2.22. The molecule has 104 valence electrons. The van der Waals surface area contributed by atoms with Gasteiger partial charge in [-0.15, -0.1) is 0 Å². The van der Waals surface area contributed by atoms with Crippen LogP contribution in [0.15, 0.2) is 16.6 Å². The van der Waals surface area contributed by atoms with Crippen molar-refractivity contribution >= 4 is 27.5 Å². The van der Waals surface area contributed by atoms with Gasteiger partial charge in [0, 0.05) is 11.7 Å². The van der Waals surface area contributed by atoms with Gasteiger partial charge in [-0.1, -0.05) is 0 Å². The summed E-state index contributed by atoms with van der Waals surface area (Å²) in [5, 5.41) is 2.73. The molecule has 0 aliphatic carbocycles. The van der Waals surface area contributed by atoms with Gasteiger partial charge in [0.1, 0.15) is 5.82 Å². The van der Waals surface area contributed by atoms with Gasteiger partial charge in [0.2, 0.25) is 5.91 Å². The molecule has 1 aliphatic heterocycles. The van der Waals surface area contributed by atoms with Crippen LogP contribution in [-0.4, -0.2) is 25.2 Å². The van der Waals surface area contributed by atoms with Gasteiger partial charge >= 0.3 is 0 Å². The number of anilines is 1. The van der Waals surface area contributed by atoms with Crippen LogP contribution in [0.1, 0.15) is 12.5 Å². The first-order valence-electron chi connectivity index (χ1n) is 5.95. The third-order valence-electron chi connectivity index (χ3n) is 3.55. The van der Waals surface area contributed by atoms with Crippen LogP contribution in [0.25, 0.3) is 0 Å². The minimum Gasteiger partial charge on any atom is -0.379 e. The molecule has 0 spiro atoms. The van der Waals surface area contributed by atoms with E-state index < -0.39 is 11.2 Å². The van der Waals surface area contributed by atoms with E-state index in [1.165, 1.54) is 6.07 Å². The van der Waals surface area contributed by atoms with E-state index in [-0.39, 0.29) is 18.6 Å². The number of carbonyl (C=O) groups excluding carboxylic acids is 1. The number of ether oxygens (including phenoxy) is 1. The fraction of sp³-hybridized carbons (Fsp3) is 0.462. The van der Waals surface area contributed by atoms with Crippen molar-refractivity contribution in [1.82, 2.24) is 0 Å². The van der Waals surface area contributed by atoms with E-state index in [0.29, 0.717) is 16.8 Å². The maximum Gasteiger partial charge on any atom is 0.234 e. The number of hydrogen-bond donors (Lipinski definition) is 2. The molecule has 1 aromatic carbocycles. The van der Waals surface area contributed by atoms with Crippen LogP contribution in [0, 0.1) is 18.2 Å². The van der Waals surface area contributed by atoms with Crippen molar-refractivity contribution < 1.29 is 13.9 Å². The molecule has 0 radical (unpaired) electrons. The number of aryl methyl sites for hydroxylation is 1. The molecule has 1 heterocycles. The van der Waals surface area contributed by atoms with Gasteiger partial charge in [0.05, 0.1) is 23.1 Å². The van der Waals surface area contributed by atoms with E-state index >= 15 is 0 Å². The smallest absolute Gasteiger partial charge is 0.234 e. The van der Waals surface area contributed by atoms with Gasteiger partial charge in [-0.25, -0.2) is 4.39 Å². The number of amides is 1. The van der Waals surface area contributed by atoms with Gasteiger partial charge in [0.15, 0.2) is 0 Å². The van der Waals surface area contributed by atoms with E-state index in [1.807, 2.05) is 0 Å². The summed E-state index contributed by atoms with van der Waals surface area (Å²) in [5.74, 6) is -0.666. The minimum atomic E-state index is -0.782. The summed E-state index contributed by atoms with van der Waals surface area (Å²) in [6, 6.07) is 2.56. The molecule has 1 fully saturated rings. The van der Waals surface area contributed by atoms with Crippen LogP contribution in [0.2, 0.25) is 0 Å². The second kappa shape index (κ2) is 5.19. The number of halogens is 2. The van der Waals surface area contributed by atoms with Crippen molar-refractivity contribution in [2.75, 3.05) is 18.5 Å². The fourth-order valence-corrected chi connectivity index (χ4v) is 2.43. The number of nitrogens with one attached hydrogen (secondary N) is 1. The molecule has 19 heavy (non-hydrogen) atoms. The quantitative estimate of drug-likeness (QED) is 0.873. The highest BCUT2D eigenvalue weighted by atomic mass is 79.9. The van der Waals surface area contributed by atoms with E-state index in [4.69, 9.17) is 10.5 Å². The SMILES string of the molecule is Cc1cc(Br)c(F)cc1NC(=O)C1(C)COCC1N. The van der Waals surface area contributed by atoms with Crippen LogP contribution in [0.5, 0.6) is 0 Å². The molecule has 0 aromatic heterocycles. The average molecular weight is 331 g/mol. The Kier molecular flexibility index (Phi) is 3.94. The summed E-state index contributed by atoms with van der Waals surface area (Å²) >= 11 is 3.11. The predicted molar refractivity (Wildman–Crippen MR) is 74.4 cm³/mol. The van der Waals surface area contributed by atoms with Crippen LogP contribution in [-0.2, 0) is 9.53 Å². The Hall–Kier alpha value is -0.980. The molecule has 1 aromatic rings. The first-order valence-corrected chi connectivity index (χ1v) is 6.74. The Morgan fingerprint density at radius 2 is 2.32 bits per heavy atom. The van der Waals surface area contributed by atoms with E-state index in [0.717, 1.165) is 5.56 Å². The maximum absolute atomic E-state index is 13.5. The average Bonchev–Trinajstić information content (AvgIpc) is 2.68. The zero-order valence-electron chi connectivity index (χ0n) is 10.8. The third kappa shape index (κ3) is 2.66. The molecule has 1 aliphatic rings. The van der Waals surface area contributed by atoms with Gasteiger partial charge in [-0.05, 0) is 47.5 Å². The lowest BCUT2D eigenvalue weighted by Crippen LogP contribution is -2.47. The molecule has 0 bridgehead atoms. The Bertz CT molecular complexity index is 524. The first kappa shape index (κ1) is 14.4. The number of benzene rings is 1. The van der Waals surface area contributed by atoms with Crippen molar-refractivity contribution in [2.24, 2.45) is 11.1 Å². The van der Waals surface area contributed by atoms with E-state index in [2.05, 4.69) is 21.2 Å². The van der Waals surface area contributed by atoms with Crippen molar-refractivity contribution in [2.45, 2.75) is 19.9 Å². The van der Waals surface area contributed by atoms with Crippen molar-refractivity contribution in [3.8, 4) is 0 Å². The second-order valence-corrected chi connectivity index (χ2v) is 5.93. The lowest BCUT2D eigenvalue weighted by molar-refractivity contribution is -0.125. The summed E-state index contributed by atoms with van der Waals surface area (Å²) < 4.78 is 19.1. The topological polar surface area (TPSA) is 64.3 Å². The van der Waals surface area contributed by atoms with Crippen molar-refractivity contribution in [3.05, 3.63) is 28.0 Å². The number of hydrogen-bond acceptors (Lipinski definition) is 3. The minimum absolute atomic E-state index is 0.248. The maximum atomic E-state index is 13.5. The van der Waals surface area contributed by atoms with Crippen LogP contribution in [0.3, 0.4) is 0 Å². The predicted octanol–water partition coefficient (Wildman–Crippen LogP) is 2.20. The normalized spacial score (nSPS) is 26.5. The van der Waals surface area contributed by atoms with Gasteiger partial charge < -0.3 is 15.8 Å². The molecule has 4 nitrogen and oxygen atoms in total. The van der Waals surface area contributed by atoms with Crippen LogP contribution in [0.4, 0.5) is 10.1 Å². The molecule has 6 heteroatoms. The van der Waals surface area contributed by atoms with Gasteiger partial charge in [-0.2, -0.15) is 0 Å². The highest BCUT2D eigenvalue weighted by Gasteiger charge is 2.44. The zero-order chi connectivity index (χ0) is 14.2. The van der Waals surface area contributed by atoms with Crippen molar-refractivity contribution in [1.29, 1.82) is 0 Å². The molecule has 1 saturated heterocycles. The monoisotopic (exact) mass is 330 g/mol. The Labute approximate surface area is 119 Å². The van der Waals surface area contributed by atoms with Gasteiger partial charge in [-0.3, -0.25) is 4.79 Å². The number of carbonyl (C=O) groups is 1. The molecule has 2 rings (SSSR count). The zero-order valence-corrected chi connectivity index (χ0v) is 12.4. The summed E-state index contributed by atoms with van der Waals surface area (Å²) in [4.78, 5) is 12.3. The third-order valence-corrected chi connectivity index (χ3v) is 4.16. The molecule has 2 atom stereocenters. The molecule has 3 N–H and O–H groups in total. The van der Waals surface area contributed by atoms with Crippen LogP contribution < -0.4 is 11.1 Å². The summed E-state index contributed by atoms with van der Waals surface area (Å²) in [6.07, 6.45) is 0. The summed E-state index contributed by atoms with van der Waals surface area (Å²) in [5.41, 5.74) is 6.34. The fourth-order valence-electron chi connectivity index (χ4n) is 1.97. The van der Waals surface area contributed by atoms with Gasteiger partial charge in [0.25, 0.3) is 0 Å². The largest absolute Gasteiger partial charge is 0.379 e. The van der Waals surface area contributed by atoms with Crippen molar-refractivity contribution in [3.63, 3.8) is 0 Å². The summed E-state index contributed by atoms with van der Waals surface area (Å²) in [7, 11) is 0. The van der Waals surface area contributed by atoms with Crippen LogP contribution >= 0.6 is 15.9 Å². The highest BCUT2D eigenvalue weighted by molar-refractivity contribution is 9.10. The highest BCUT2D eigenvalue weighted by Crippen LogP contribution is 2.30. The van der Waals surface area contributed by atoms with E-state index in [1.54, 1.807) is 19.9 Å². The molecule has 2 unspecified atom stereocenters. The lowest BCUT2D eigenvalue weighted by Gasteiger charge is -2.25. The number of rotatable bonds is 2. The lowest BCUT2D eigenvalue weighted by atomic mass is 9.84. The molecule has 1 amide bonds. The standard InChI is InChI=1S/C13H16BrFN2O2/c1-7-3-8(14)9(15)4-10(7)17-12(18)13(2)6-19-5-11(13)16/h3-4,11H,5-6,16H2,1-2H3,(H,17,18). The first-order chi connectivity index (χ1) is 8.84. The Morgan fingerprint density at radius 3 is 2.89 bits per heavy atom.